The van der Waals surface area contributed by atoms with Gasteiger partial charge in [0.25, 0.3) is 0 Å². The lowest BCUT2D eigenvalue weighted by Crippen LogP contribution is -2.21. The van der Waals surface area contributed by atoms with Gasteiger partial charge < -0.3 is 4.74 Å². The molecule has 0 aliphatic rings. The summed E-state index contributed by atoms with van der Waals surface area (Å²) in [6.45, 7) is 6.67. The van der Waals surface area contributed by atoms with Crippen LogP contribution in [0.1, 0.15) is 38.2 Å². The second-order valence-electron chi connectivity index (χ2n) is 4.22. The molecule has 1 aromatic carbocycles. The molecule has 1 aromatic rings. The van der Waals surface area contributed by atoms with Gasteiger partial charge in [-0.05, 0) is 40.4 Å². The lowest BCUT2D eigenvalue weighted by molar-refractivity contribution is 0.0447. The monoisotopic (exact) mass is 296 g/mol. The fourth-order valence-electron chi connectivity index (χ4n) is 1.63. The van der Waals surface area contributed by atoms with Gasteiger partial charge in [-0.2, -0.15) is 0 Å². The van der Waals surface area contributed by atoms with Gasteiger partial charge >= 0.3 is 0 Å². The molecule has 0 N–H and O–H groups in total. The molecule has 94 valence electrons. The number of rotatable bonds is 8. The maximum atomic E-state index is 5.91. The van der Waals surface area contributed by atoms with Crippen molar-refractivity contribution in [2.75, 3.05) is 0 Å². The molecule has 1 atom stereocenters. The van der Waals surface area contributed by atoms with Crippen LogP contribution < -0.4 is 0 Å². The molecule has 0 saturated heterocycles. The molecule has 1 nitrogen and oxygen atoms in total. The Kier molecular flexibility index (Phi) is 6.53. The van der Waals surface area contributed by atoms with Crippen LogP contribution in [0.2, 0.25) is 0 Å². The molecule has 0 aliphatic heterocycles. The maximum absolute atomic E-state index is 5.91. The zero-order chi connectivity index (χ0) is 12.6. The Balaban J connectivity index is 2.43. The lowest BCUT2D eigenvalue weighted by Gasteiger charge is -2.24. The van der Waals surface area contributed by atoms with Crippen LogP contribution in [-0.2, 0) is 11.3 Å². The molecule has 0 saturated carbocycles. The Morgan fingerprint density at radius 2 is 2.00 bits per heavy atom. The molecule has 2 heteroatoms. The van der Waals surface area contributed by atoms with Gasteiger partial charge in [-0.25, -0.2) is 0 Å². The molecule has 0 aromatic heterocycles. The first-order valence-electron chi connectivity index (χ1n) is 6.20. The average Bonchev–Trinajstić information content (AvgIpc) is 2.38. The van der Waals surface area contributed by atoms with Crippen molar-refractivity contribution in [1.29, 1.82) is 0 Å². The largest absolute Gasteiger partial charge is 0.355 e. The van der Waals surface area contributed by atoms with Gasteiger partial charge in [0.05, 0.1) is 6.61 Å². The number of benzene rings is 1. The summed E-state index contributed by atoms with van der Waals surface area (Å²) in [5, 5.41) is 0. The van der Waals surface area contributed by atoms with E-state index in [2.05, 4.69) is 41.6 Å². The van der Waals surface area contributed by atoms with Crippen LogP contribution in [-0.4, -0.2) is 4.51 Å². The molecule has 0 spiro atoms. The van der Waals surface area contributed by atoms with E-state index in [1.54, 1.807) is 0 Å². The summed E-state index contributed by atoms with van der Waals surface area (Å²) < 4.78 is 5.53. The summed E-state index contributed by atoms with van der Waals surface area (Å²) in [6.07, 6.45) is 6.43. The van der Waals surface area contributed by atoms with Crippen molar-refractivity contribution in [1.82, 2.24) is 0 Å². The van der Waals surface area contributed by atoms with Crippen LogP contribution in [0.25, 0.3) is 0 Å². The van der Waals surface area contributed by atoms with Crippen molar-refractivity contribution in [2.45, 2.75) is 43.7 Å². The van der Waals surface area contributed by atoms with E-state index in [0.29, 0.717) is 6.61 Å². The highest BCUT2D eigenvalue weighted by molar-refractivity contribution is 9.10. The van der Waals surface area contributed by atoms with Gasteiger partial charge in [0.15, 0.2) is 0 Å². The minimum atomic E-state index is -0.377. The van der Waals surface area contributed by atoms with Gasteiger partial charge in [-0.3, -0.25) is 0 Å². The van der Waals surface area contributed by atoms with E-state index in [0.717, 1.165) is 12.8 Å². The van der Waals surface area contributed by atoms with Gasteiger partial charge in [0.2, 0.25) is 0 Å². The highest BCUT2D eigenvalue weighted by Crippen LogP contribution is 2.29. The second-order valence-corrected chi connectivity index (χ2v) is 5.56. The van der Waals surface area contributed by atoms with E-state index in [9.17, 15) is 0 Å². The number of ether oxygens (including phenoxy) is 1. The third-order valence-corrected chi connectivity index (χ3v) is 3.70. The SMILES string of the molecule is C=CC(Br)(CCCCC)OCc1ccccc1. The summed E-state index contributed by atoms with van der Waals surface area (Å²) in [7, 11) is 0. The highest BCUT2D eigenvalue weighted by Gasteiger charge is 2.22. The summed E-state index contributed by atoms with van der Waals surface area (Å²) in [6, 6.07) is 10.2. The van der Waals surface area contributed by atoms with Crippen LogP contribution in [0.3, 0.4) is 0 Å². The molecule has 0 heterocycles. The van der Waals surface area contributed by atoms with Crippen molar-refractivity contribution in [3.63, 3.8) is 0 Å². The van der Waals surface area contributed by atoms with E-state index in [1.165, 1.54) is 18.4 Å². The molecule has 0 radical (unpaired) electrons. The Hall–Kier alpha value is -0.600. The summed E-state index contributed by atoms with van der Waals surface area (Å²) in [5.74, 6) is 0. The van der Waals surface area contributed by atoms with Gasteiger partial charge in [0, 0.05) is 0 Å². The first kappa shape index (κ1) is 14.5. The molecule has 1 unspecified atom stereocenters. The highest BCUT2D eigenvalue weighted by atomic mass is 79.9. The average molecular weight is 297 g/mol. The third kappa shape index (κ3) is 5.51. The van der Waals surface area contributed by atoms with Crippen LogP contribution in [0.15, 0.2) is 43.0 Å². The third-order valence-electron chi connectivity index (χ3n) is 2.75. The summed E-state index contributed by atoms with van der Waals surface area (Å²) in [5.41, 5.74) is 1.19. The molecular weight excluding hydrogens is 276 g/mol. The molecule has 0 fully saturated rings. The van der Waals surface area contributed by atoms with Crippen LogP contribution in [0.5, 0.6) is 0 Å². The van der Waals surface area contributed by atoms with Crippen LogP contribution >= 0.6 is 15.9 Å². The number of alkyl halides is 1. The molecule has 0 aliphatic carbocycles. The fourth-order valence-corrected chi connectivity index (χ4v) is 2.02. The van der Waals surface area contributed by atoms with Crippen LogP contribution in [0, 0.1) is 0 Å². The van der Waals surface area contributed by atoms with E-state index in [4.69, 9.17) is 4.74 Å². The lowest BCUT2D eigenvalue weighted by atomic mass is 10.1. The number of hydrogen-bond donors (Lipinski definition) is 0. The van der Waals surface area contributed by atoms with Crippen molar-refractivity contribution in [3.05, 3.63) is 48.6 Å². The van der Waals surface area contributed by atoms with Crippen molar-refractivity contribution < 1.29 is 4.74 Å². The molecular formula is C15H21BrO. The summed E-state index contributed by atoms with van der Waals surface area (Å²) >= 11 is 3.63. The zero-order valence-corrected chi connectivity index (χ0v) is 12.1. The normalized spacial score (nSPS) is 14.2. The van der Waals surface area contributed by atoms with E-state index < -0.39 is 0 Å². The zero-order valence-electron chi connectivity index (χ0n) is 10.5. The maximum Gasteiger partial charge on any atom is 0.141 e. The van der Waals surface area contributed by atoms with Crippen molar-refractivity contribution >= 4 is 15.9 Å². The number of hydrogen-bond acceptors (Lipinski definition) is 1. The van der Waals surface area contributed by atoms with E-state index in [1.807, 2.05) is 24.3 Å². The first-order valence-corrected chi connectivity index (χ1v) is 7.00. The number of unbranched alkanes of at least 4 members (excludes halogenated alkanes) is 2. The predicted octanol–water partition coefficient (Wildman–Crippen LogP) is 5.06. The quantitative estimate of drug-likeness (QED) is 0.370. The topological polar surface area (TPSA) is 9.23 Å². The van der Waals surface area contributed by atoms with Crippen LogP contribution in [0.4, 0.5) is 0 Å². The standard InChI is InChI=1S/C15H21BrO/c1-3-5-9-12-15(16,4-2)17-13-14-10-7-6-8-11-14/h4,6-8,10-11H,2-3,5,9,12-13H2,1H3. The first-order chi connectivity index (χ1) is 8.20. The second kappa shape index (κ2) is 7.67. The Morgan fingerprint density at radius 1 is 1.29 bits per heavy atom. The minimum absolute atomic E-state index is 0.377. The van der Waals surface area contributed by atoms with Gasteiger partial charge in [-0.1, -0.05) is 56.7 Å². The Morgan fingerprint density at radius 3 is 2.59 bits per heavy atom. The molecule has 0 amide bonds. The van der Waals surface area contributed by atoms with Gasteiger partial charge in [0.1, 0.15) is 4.51 Å². The predicted molar refractivity (Wildman–Crippen MR) is 77.2 cm³/mol. The number of halogens is 1. The van der Waals surface area contributed by atoms with Crippen molar-refractivity contribution in [3.8, 4) is 0 Å². The minimum Gasteiger partial charge on any atom is -0.355 e. The molecule has 0 bridgehead atoms. The Labute approximate surface area is 113 Å². The van der Waals surface area contributed by atoms with E-state index >= 15 is 0 Å². The summed E-state index contributed by atoms with van der Waals surface area (Å²) in [4.78, 5) is 0. The fraction of sp³-hybridized carbons (Fsp3) is 0.467. The Bertz CT molecular complexity index is 323. The van der Waals surface area contributed by atoms with E-state index in [-0.39, 0.29) is 4.51 Å². The van der Waals surface area contributed by atoms with Gasteiger partial charge in [-0.15, -0.1) is 0 Å². The molecule has 1 rings (SSSR count). The molecule has 17 heavy (non-hydrogen) atoms. The smallest absolute Gasteiger partial charge is 0.141 e. The van der Waals surface area contributed by atoms with Crippen molar-refractivity contribution in [2.24, 2.45) is 0 Å².